The van der Waals surface area contributed by atoms with Gasteiger partial charge in [0, 0.05) is 25.9 Å². The second-order valence-corrected chi connectivity index (χ2v) is 11.9. The Labute approximate surface area is 272 Å². The Hall–Kier alpha value is -4.98. The maximum absolute atomic E-state index is 13.7. The normalized spacial score (nSPS) is 20.1. The average Bonchev–Trinajstić information content (AvgIpc) is 3.74. The van der Waals surface area contributed by atoms with Gasteiger partial charge in [-0.05, 0) is 43.7 Å². The van der Waals surface area contributed by atoms with E-state index >= 15 is 0 Å². The fraction of sp³-hybridized carbons (Fsp3) is 0.455. The molecule has 6 N–H and O–H groups in total. The molecule has 2 aliphatic heterocycles. The minimum atomic E-state index is -1.36. The molecule has 4 amide bonds. The van der Waals surface area contributed by atoms with Crippen molar-refractivity contribution >= 4 is 35.8 Å². The van der Waals surface area contributed by atoms with E-state index in [0.717, 1.165) is 0 Å². The van der Waals surface area contributed by atoms with Gasteiger partial charge < -0.3 is 35.8 Å². The molecule has 2 aromatic rings. The molecule has 2 saturated heterocycles. The Kier molecular flexibility index (Phi) is 11.9. The predicted molar refractivity (Wildman–Crippen MR) is 168 cm³/mol. The zero-order chi connectivity index (χ0) is 34.1. The van der Waals surface area contributed by atoms with Gasteiger partial charge in [-0.2, -0.15) is 0 Å². The third kappa shape index (κ3) is 9.06. The molecule has 47 heavy (non-hydrogen) atoms. The number of carboxylic acid groups (broad SMARTS) is 3. The first-order valence-electron chi connectivity index (χ1n) is 15.7. The van der Waals surface area contributed by atoms with E-state index in [0.29, 0.717) is 36.8 Å². The van der Waals surface area contributed by atoms with Gasteiger partial charge in [-0.25, -0.2) is 14.4 Å². The molecule has 0 saturated carbocycles. The van der Waals surface area contributed by atoms with Crippen LogP contribution in [0.2, 0.25) is 0 Å². The van der Waals surface area contributed by atoms with E-state index in [9.17, 15) is 44.1 Å². The van der Waals surface area contributed by atoms with Crippen LogP contribution in [0.4, 0.5) is 4.79 Å². The number of nitrogens with one attached hydrogen (secondary N) is 3. The SMILES string of the molecule is CC(NC(C(=O)O)C1CCCN1C(=O)NC(Cc1ccccc1)C(=O)NC(Cc1ccccc1)C(=O)O)C(=O)N1CCCC1C(=O)O. The van der Waals surface area contributed by atoms with Gasteiger partial charge >= 0.3 is 23.9 Å². The average molecular weight is 652 g/mol. The van der Waals surface area contributed by atoms with Gasteiger partial charge in [-0.1, -0.05) is 60.7 Å². The molecular weight excluding hydrogens is 610 g/mol. The first kappa shape index (κ1) is 34.9. The Bertz CT molecular complexity index is 1440. The molecule has 0 aliphatic carbocycles. The van der Waals surface area contributed by atoms with Gasteiger partial charge in [-0.3, -0.25) is 19.7 Å². The number of benzene rings is 2. The van der Waals surface area contributed by atoms with Gasteiger partial charge in [-0.15, -0.1) is 0 Å². The number of hydrogen-bond acceptors (Lipinski definition) is 7. The molecule has 4 rings (SSSR count). The first-order chi connectivity index (χ1) is 22.5. The molecule has 2 heterocycles. The van der Waals surface area contributed by atoms with Crippen molar-refractivity contribution in [1.29, 1.82) is 0 Å². The van der Waals surface area contributed by atoms with Crippen LogP contribution in [-0.2, 0) is 36.8 Å². The first-order valence-corrected chi connectivity index (χ1v) is 15.7. The van der Waals surface area contributed by atoms with Crippen molar-refractivity contribution in [3.8, 4) is 0 Å². The minimum absolute atomic E-state index is 0.0234. The van der Waals surface area contributed by atoms with Crippen LogP contribution in [0.3, 0.4) is 0 Å². The van der Waals surface area contributed by atoms with Crippen molar-refractivity contribution in [2.24, 2.45) is 0 Å². The molecule has 0 radical (unpaired) electrons. The molecule has 2 fully saturated rings. The Morgan fingerprint density at radius 2 is 1.30 bits per heavy atom. The molecule has 2 aromatic carbocycles. The van der Waals surface area contributed by atoms with Gasteiger partial charge in [0.25, 0.3) is 0 Å². The highest BCUT2D eigenvalue weighted by Crippen LogP contribution is 2.23. The summed E-state index contributed by atoms with van der Waals surface area (Å²) in [5.74, 6) is -4.92. The maximum atomic E-state index is 13.7. The lowest BCUT2D eigenvalue weighted by atomic mass is 10.0. The van der Waals surface area contributed by atoms with Crippen LogP contribution in [-0.4, -0.2) is 110 Å². The van der Waals surface area contributed by atoms with Gasteiger partial charge in [0.2, 0.25) is 11.8 Å². The van der Waals surface area contributed by atoms with Crippen LogP contribution in [0.1, 0.15) is 43.7 Å². The third-order valence-electron chi connectivity index (χ3n) is 8.63. The van der Waals surface area contributed by atoms with Crippen molar-refractivity contribution in [3.05, 3.63) is 71.8 Å². The maximum Gasteiger partial charge on any atom is 0.326 e. The molecule has 2 aliphatic rings. The van der Waals surface area contributed by atoms with Crippen molar-refractivity contribution in [3.63, 3.8) is 0 Å². The van der Waals surface area contributed by atoms with Gasteiger partial charge in [0.05, 0.1) is 12.1 Å². The molecule has 0 aromatic heterocycles. The van der Waals surface area contributed by atoms with E-state index in [4.69, 9.17) is 0 Å². The summed E-state index contributed by atoms with van der Waals surface area (Å²) in [6.07, 6.45) is 1.66. The lowest BCUT2D eigenvalue weighted by Gasteiger charge is -2.33. The number of urea groups is 1. The fourth-order valence-corrected chi connectivity index (χ4v) is 6.23. The van der Waals surface area contributed by atoms with E-state index in [1.807, 2.05) is 0 Å². The van der Waals surface area contributed by atoms with E-state index in [1.54, 1.807) is 60.7 Å². The summed E-state index contributed by atoms with van der Waals surface area (Å²) in [5, 5.41) is 37.5. The molecule has 6 unspecified atom stereocenters. The summed E-state index contributed by atoms with van der Waals surface area (Å²) in [6, 6.07) is 10.2. The summed E-state index contributed by atoms with van der Waals surface area (Å²) in [6.45, 7) is 1.89. The quantitative estimate of drug-likeness (QED) is 0.172. The molecular formula is C33H41N5O9. The molecule has 0 bridgehead atoms. The van der Waals surface area contributed by atoms with Crippen LogP contribution in [0.15, 0.2) is 60.7 Å². The lowest BCUT2D eigenvalue weighted by molar-refractivity contribution is -0.149. The van der Waals surface area contributed by atoms with Crippen molar-refractivity contribution in [2.45, 2.75) is 81.7 Å². The zero-order valence-corrected chi connectivity index (χ0v) is 26.1. The Balaban J connectivity index is 1.49. The lowest BCUT2D eigenvalue weighted by Crippen LogP contribution is -2.61. The number of aliphatic carboxylic acids is 3. The number of hydrogen-bond donors (Lipinski definition) is 6. The second-order valence-electron chi connectivity index (χ2n) is 11.9. The molecule has 252 valence electrons. The zero-order valence-electron chi connectivity index (χ0n) is 26.1. The molecule has 14 heteroatoms. The van der Waals surface area contributed by atoms with Crippen LogP contribution in [0.5, 0.6) is 0 Å². The smallest absolute Gasteiger partial charge is 0.326 e. The van der Waals surface area contributed by atoms with Crippen LogP contribution >= 0.6 is 0 Å². The Morgan fingerprint density at radius 3 is 1.85 bits per heavy atom. The Morgan fingerprint density at radius 1 is 0.745 bits per heavy atom. The second kappa shape index (κ2) is 16.0. The van der Waals surface area contributed by atoms with Crippen molar-refractivity contribution < 1.29 is 44.1 Å². The van der Waals surface area contributed by atoms with Gasteiger partial charge in [0.15, 0.2) is 0 Å². The standard InChI is InChI=1S/C33H41N5O9/c1-20(29(40)37-16-9-15-26(37)31(43)44)34-27(32(45)46)25-14-8-17-38(25)33(47)36-23(18-21-10-4-2-5-11-21)28(39)35-24(30(41)42)19-22-12-6-3-7-13-22/h2-7,10-13,20,23-27,34H,8-9,14-19H2,1H3,(H,35,39)(H,36,47)(H,41,42)(H,43,44)(H,45,46). The molecule has 6 atom stereocenters. The van der Waals surface area contributed by atoms with Crippen LogP contribution < -0.4 is 16.0 Å². The van der Waals surface area contributed by atoms with Gasteiger partial charge in [0.1, 0.15) is 24.2 Å². The molecule has 0 spiro atoms. The van der Waals surface area contributed by atoms with Crippen molar-refractivity contribution in [1.82, 2.24) is 25.8 Å². The molecule has 14 nitrogen and oxygen atoms in total. The van der Waals surface area contributed by atoms with Crippen molar-refractivity contribution in [2.75, 3.05) is 13.1 Å². The predicted octanol–water partition coefficient (Wildman–Crippen LogP) is 1.09. The summed E-state index contributed by atoms with van der Waals surface area (Å²) in [4.78, 5) is 79.0. The monoisotopic (exact) mass is 651 g/mol. The van der Waals surface area contributed by atoms with Crippen LogP contribution in [0.25, 0.3) is 0 Å². The largest absolute Gasteiger partial charge is 0.480 e. The number of nitrogens with zero attached hydrogens (tertiary/aromatic N) is 2. The number of likely N-dealkylation sites (tertiary alicyclic amines) is 2. The summed E-state index contributed by atoms with van der Waals surface area (Å²) in [7, 11) is 0. The number of carbonyl (C=O) groups excluding carboxylic acids is 3. The number of carboxylic acids is 3. The number of carbonyl (C=O) groups is 6. The van der Waals surface area contributed by atoms with E-state index < -0.39 is 72.0 Å². The fourth-order valence-electron chi connectivity index (χ4n) is 6.23. The number of amides is 4. The minimum Gasteiger partial charge on any atom is -0.480 e. The highest BCUT2D eigenvalue weighted by molar-refractivity contribution is 5.91. The van der Waals surface area contributed by atoms with E-state index in [2.05, 4.69) is 16.0 Å². The third-order valence-corrected chi connectivity index (χ3v) is 8.63. The van der Waals surface area contributed by atoms with Crippen LogP contribution in [0, 0.1) is 0 Å². The highest BCUT2D eigenvalue weighted by atomic mass is 16.4. The van der Waals surface area contributed by atoms with E-state index in [-0.39, 0.29) is 25.9 Å². The highest BCUT2D eigenvalue weighted by Gasteiger charge is 2.42. The topological polar surface area (TPSA) is 206 Å². The van der Waals surface area contributed by atoms with E-state index in [1.165, 1.54) is 16.7 Å². The summed E-state index contributed by atoms with van der Waals surface area (Å²) >= 11 is 0. The summed E-state index contributed by atoms with van der Waals surface area (Å²) in [5.41, 5.74) is 1.41. The number of rotatable bonds is 14. The summed E-state index contributed by atoms with van der Waals surface area (Å²) < 4.78 is 0.